The summed E-state index contributed by atoms with van der Waals surface area (Å²) in [6, 6.07) is 13.1. The quantitative estimate of drug-likeness (QED) is 0.412. The highest BCUT2D eigenvalue weighted by Crippen LogP contribution is 2.24. The Morgan fingerprint density at radius 3 is 2.17 bits per heavy atom. The van der Waals surface area contributed by atoms with Gasteiger partial charge in [0, 0.05) is 24.8 Å². The Kier molecular flexibility index (Phi) is 8.88. The first kappa shape index (κ1) is 28.4. The van der Waals surface area contributed by atoms with Crippen molar-refractivity contribution in [2.45, 2.75) is 17.5 Å². The third-order valence-corrected chi connectivity index (χ3v) is 5.72. The molecule has 0 aliphatic heterocycles. The number of nitrogens with zero attached hydrogens (tertiary/aromatic N) is 2. The number of benzene rings is 2. The zero-order valence-corrected chi connectivity index (χ0v) is 19.2. The molecule has 0 radical (unpaired) electrons. The molecule has 0 unspecified atom stereocenters. The van der Waals surface area contributed by atoms with Gasteiger partial charge in [-0.1, -0.05) is 24.3 Å². The fourth-order valence-electron chi connectivity index (χ4n) is 2.84. The van der Waals surface area contributed by atoms with Crippen molar-refractivity contribution in [3.05, 3.63) is 76.5 Å². The van der Waals surface area contributed by atoms with E-state index in [9.17, 15) is 35.2 Å². The predicted octanol–water partition coefficient (Wildman–Crippen LogP) is 2.92. The first-order valence-electron chi connectivity index (χ1n) is 9.75. The molecule has 0 amide bonds. The number of hydrogen-bond donors (Lipinski definition) is 3. The second-order valence-corrected chi connectivity index (χ2v) is 9.19. The third kappa shape index (κ3) is 7.32. The van der Waals surface area contributed by atoms with Crippen LogP contribution in [0.3, 0.4) is 0 Å². The SMILES string of the molecule is CS(=O)(=O)c1ccc(-c2cccc(-n3c(CC(CN)=C(F)F)n[nH]c3=O)c2)cc1.O=C(O)C(F)(F)F. The van der Waals surface area contributed by atoms with Gasteiger partial charge < -0.3 is 10.8 Å². The summed E-state index contributed by atoms with van der Waals surface area (Å²) in [6.45, 7) is -0.351. The summed E-state index contributed by atoms with van der Waals surface area (Å²) < 4.78 is 82.1. The number of H-pyrrole nitrogens is 1. The Labute approximate surface area is 200 Å². The van der Waals surface area contributed by atoms with E-state index in [4.69, 9.17) is 15.6 Å². The van der Waals surface area contributed by atoms with Gasteiger partial charge in [-0.05, 0) is 35.4 Å². The van der Waals surface area contributed by atoms with Crippen LogP contribution >= 0.6 is 0 Å². The maximum Gasteiger partial charge on any atom is 0.490 e. The van der Waals surface area contributed by atoms with E-state index in [1.807, 2.05) is 0 Å². The predicted molar refractivity (Wildman–Crippen MR) is 118 cm³/mol. The third-order valence-electron chi connectivity index (χ3n) is 4.59. The summed E-state index contributed by atoms with van der Waals surface area (Å²) in [5.41, 5.74) is 6.35. The maximum atomic E-state index is 13.0. The van der Waals surface area contributed by atoms with Gasteiger partial charge in [0.05, 0.1) is 10.6 Å². The minimum atomic E-state index is -5.08. The van der Waals surface area contributed by atoms with Crippen LogP contribution in [0.4, 0.5) is 22.0 Å². The van der Waals surface area contributed by atoms with Crippen LogP contribution in [0.2, 0.25) is 0 Å². The fourth-order valence-corrected chi connectivity index (χ4v) is 3.47. The molecule has 15 heteroatoms. The summed E-state index contributed by atoms with van der Waals surface area (Å²) in [6.07, 6.45) is -6.13. The molecule has 36 heavy (non-hydrogen) atoms. The number of aromatic nitrogens is 3. The lowest BCUT2D eigenvalue weighted by Crippen LogP contribution is -2.21. The normalized spacial score (nSPS) is 11.4. The Morgan fingerprint density at radius 1 is 1.11 bits per heavy atom. The van der Waals surface area contributed by atoms with E-state index in [0.717, 1.165) is 11.8 Å². The fraction of sp³-hybridized carbons (Fsp3) is 0.190. The van der Waals surface area contributed by atoms with E-state index >= 15 is 0 Å². The number of rotatable bonds is 6. The first-order chi connectivity index (χ1) is 16.6. The number of hydrogen-bond acceptors (Lipinski definition) is 6. The molecule has 2 aromatic carbocycles. The van der Waals surface area contributed by atoms with Crippen LogP contribution in [0.15, 0.2) is 69.9 Å². The summed E-state index contributed by atoms with van der Waals surface area (Å²) in [7, 11) is -3.31. The van der Waals surface area contributed by atoms with Crippen molar-refractivity contribution in [3.63, 3.8) is 0 Å². The van der Waals surface area contributed by atoms with Gasteiger partial charge in [0.15, 0.2) is 9.84 Å². The molecule has 9 nitrogen and oxygen atoms in total. The molecule has 0 saturated heterocycles. The number of nitrogens with one attached hydrogen (secondary N) is 1. The highest BCUT2D eigenvalue weighted by atomic mass is 32.2. The van der Waals surface area contributed by atoms with Crippen molar-refractivity contribution in [1.82, 2.24) is 14.8 Å². The highest BCUT2D eigenvalue weighted by Gasteiger charge is 2.38. The number of alkyl halides is 3. The number of halogens is 5. The molecular formula is C21H19F5N4O5S. The number of nitrogens with two attached hydrogens (primary N) is 1. The molecule has 0 spiro atoms. The Balaban J connectivity index is 0.000000572. The molecule has 0 bridgehead atoms. The largest absolute Gasteiger partial charge is 0.490 e. The Morgan fingerprint density at radius 2 is 1.69 bits per heavy atom. The van der Waals surface area contributed by atoms with Crippen LogP contribution in [0, 0.1) is 0 Å². The standard InChI is InChI=1S/C19H18F2N4O3S.C2HF3O2/c1-29(27,28)16-7-5-12(6-8-16)13-3-2-4-15(9-13)25-17(23-24-19(25)26)10-14(11-22)18(20)21;3-2(4,5)1(6)7/h2-9H,10-11,22H2,1H3,(H,24,26);(H,6,7). The molecular weight excluding hydrogens is 515 g/mol. The van der Waals surface area contributed by atoms with Gasteiger partial charge in [-0.15, -0.1) is 0 Å². The number of carboxylic acids is 1. The van der Waals surface area contributed by atoms with Crippen molar-refractivity contribution >= 4 is 15.8 Å². The average molecular weight is 534 g/mol. The lowest BCUT2D eigenvalue weighted by atomic mass is 10.1. The Hall–Kier alpha value is -3.85. The Bertz CT molecular complexity index is 1420. The minimum Gasteiger partial charge on any atom is -0.475 e. The molecule has 0 atom stereocenters. The molecule has 3 aromatic rings. The van der Waals surface area contributed by atoms with Crippen molar-refractivity contribution in [2.75, 3.05) is 12.8 Å². The zero-order valence-electron chi connectivity index (χ0n) is 18.4. The molecule has 194 valence electrons. The molecule has 1 heterocycles. The van der Waals surface area contributed by atoms with Crippen LogP contribution in [-0.2, 0) is 21.1 Å². The van der Waals surface area contributed by atoms with Crippen LogP contribution in [0.5, 0.6) is 0 Å². The van der Waals surface area contributed by atoms with Crippen LogP contribution in [0.1, 0.15) is 5.82 Å². The van der Waals surface area contributed by atoms with Crippen LogP contribution in [0.25, 0.3) is 16.8 Å². The van der Waals surface area contributed by atoms with E-state index in [1.54, 1.807) is 36.4 Å². The molecule has 0 aliphatic rings. The van der Waals surface area contributed by atoms with Crippen molar-refractivity contribution in [3.8, 4) is 16.8 Å². The molecule has 0 aliphatic carbocycles. The number of aromatic amines is 1. The molecule has 1 aromatic heterocycles. The van der Waals surface area contributed by atoms with Gasteiger partial charge in [-0.3, -0.25) is 0 Å². The second-order valence-electron chi connectivity index (χ2n) is 7.18. The van der Waals surface area contributed by atoms with Gasteiger partial charge in [0.2, 0.25) is 0 Å². The average Bonchev–Trinajstić information content (AvgIpc) is 3.16. The van der Waals surface area contributed by atoms with E-state index in [0.29, 0.717) is 11.3 Å². The van der Waals surface area contributed by atoms with Gasteiger partial charge in [-0.2, -0.15) is 27.1 Å². The van der Waals surface area contributed by atoms with Gasteiger partial charge in [0.1, 0.15) is 5.82 Å². The van der Waals surface area contributed by atoms with Crippen LogP contribution < -0.4 is 11.4 Å². The molecule has 0 fully saturated rings. The topological polar surface area (TPSA) is 148 Å². The summed E-state index contributed by atoms with van der Waals surface area (Å²) >= 11 is 0. The van der Waals surface area contributed by atoms with Gasteiger partial charge in [-0.25, -0.2) is 27.7 Å². The number of carbonyl (C=O) groups is 1. The smallest absolute Gasteiger partial charge is 0.475 e. The van der Waals surface area contributed by atoms with E-state index in [1.165, 1.54) is 16.7 Å². The summed E-state index contributed by atoms with van der Waals surface area (Å²) in [4.78, 5) is 21.3. The lowest BCUT2D eigenvalue weighted by molar-refractivity contribution is -0.192. The van der Waals surface area contributed by atoms with Crippen LogP contribution in [-0.4, -0.2) is 53.2 Å². The van der Waals surface area contributed by atoms with Crippen molar-refractivity contribution in [2.24, 2.45) is 5.73 Å². The molecule has 0 saturated carbocycles. The maximum absolute atomic E-state index is 13.0. The van der Waals surface area contributed by atoms with Gasteiger partial charge >= 0.3 is 17.8 Å². The number of carboxylic acid groups (broad SMARTS) is 1. The molecule has 3 rings (SSSR count). The first-order valence-corrected chi connectivity index (χ1v) is 11.6. The second kappa shape index (κ2) is 11.3. The van der Waals surface area contributed by atoms with Crippen molar-refractivity contribution < 1.29 is 40.3 Å². The number of sulfone groups is 1. The van der Waals surface area contributed by atoms with E-state index in [2.05, 4.69) is 10.2 Å². The minimum absolute atomic E-state index is 0.104. The summed E-state index contributed by atoms with van der Waals surface area (Å²) in [5, 5.41) is 13.2. The highest BCUT2D eigenvalue weighted by molar-refractivity contribution is 7.90. The summed E-state index contributed by atoms with van der Waals surface area (Å²) in [5.74, 6) is -2.65. The van der Waals surface area contributed by atoms with Crippen molar-refractivity contribution in [1.29, 1.82) is 0 Å². The van der Waals surface area contributed by atoms with E-state index in [-0.39, 0.29) is 29.3 Å². The monoisotopic (exact) mass is 534 g/mol. The zero-order chi connectivity index (χ0) is 27.3. The van der Waals surface area contributed by atoms with E-state index < -0.39 is 33.8 Å². The van der Waals surface area contributed by atoms with Gasteiger partial charge in [0.25, 0.3) is 6.08 Å². The number of aliphatic carboxylic acids is 1. The molecule has 4 N–H and O–H groups in total. The lowest BCUT2D eigenvalue weighted by Gasteiger charge is -2.09.